The van der Waals surface area contributed by atoms with Crippen LogP contribution in [0.1, 0.15) is 35.2 Å². The lowest BCUT2D eigenvalue weighted by molar-refractivity contribution is -0.122. The second-order valence-electron chi connectivity index (χ2n) is 8.61. The van der Waals surface area contributed by atoms with Gasteiger partial charge in [-0.1, -0.05) is 60.7 Å². The lowest BCUT2D eigenvalue weighted by atomic mass is 10.0. The van der Waals surface area contributed by atoms with Gasteiger partial charge in [0, 0.05) is 37.3 Å². The van der Waals surface area contributed by atoms with Crippen molar-refractivity contribution in [1.82, 2.24) is 24.8 Å². The molecule has 0 atom stereocenters. The molecular weight excluding hydrogens is 426 g/mol. The van der Waals surface area contributed by atoms with E-state index in [9.17, 15) is 9.59 Å². The van der Waals surface area contributed by atoms with Crippen molar-refractivity contribution in [3.8, 4) is 11.3 Å². The van der Waals surface area contributed by atoms with Crippen molar-refractivity contribution in [3.63, 3.8) is 0 Å². The standard InChI is InChI=1S/C27H27N5O2/c33-25(12-11-20-7-3-1-4-8-20)30-22-14-17-31(18-15-22)27(34)23-19-29-32-24(13-16-28-26(23)32)21-9-5-2-6-10-21/h1-10,13,16,19,22H,11-12,14-15,17-18H2,(H,30,33). The zero-order chi connectivity index (χ0) is 23.3. The number of likely N-dealkylation sites (tertiary alicyclic amines) is 1. The van der Waals surface area contributed by atoms with Gasteiger partial charge < -0.3 is 10.2 Å². The Hall–Kier alpha value is -4.00. The van der Waals surface area contributed by atoms with Crippen molar-refractivity contribution in [3.05, 3.63) is 90.3 Å². The summed E-state index contributed by atoms with van der Waals surface area (Å²) >= 11 is 0. The second-order valence-corrected chi connectivity index (χ2v) is 8.61. The number of fused-ring (bicyclic) bond motifs is 1. The average Bonchev–Trinajstić information content (AvgIpc) is 3.33. The number of benzene rings is 2. The van der Waals surface area contributed by atoms with Gasteiger partial charge in [-0.25, -0.2) is 9.50 Å². The van der Waals surface area contributed by atoms with Crippen LogP contribution in [0.4, 0.5) is 0 Å². The fraction of sp³-hybridized carbons (Fsp3) is 0.259. The van der Waals surface area contributed by atoms with E-state index in [4.69, 9.17) is 0 Å². The molecule has 2 amide bonds. The van der Waals surface area contributed by atoms with Gasteiger partial charge in [0.25, 0.3) is 5.91 Å². The Kier molecular flexibility index (Phi) is 6.33. The van der Waals surface area contributed by atoms with Crippen LogP contribution in [-0.4, -0.2) is 50.4 Å². The molecule has 7 heteroatoms. The van der Waals surface area contributed by atoms with Crippen molar-refractivity contribution in [1.29, 1.82) is 0 Å². The molecule has 0 radical (unpaired) electrons. The minimum atomic E-state index is -0.0680. The first-order chi connectivity index (χ1) is 16.7. The van der Waals surface area contributed by atoms with Crippen LogP contribution < -0.4 is 5.32 Å². The molecule has 0 saturated carbocycles. The summed E-state index contributed by atoms with van der Waals surface area (Å²) in [5, 5.41) is 7.59. The molecule has 0 unspecified atom stereocenters. The third-order valence-corrected chi connectivity index (χ3v) is 6.33. The smallest absolute Gasteiger partial charge is 0.259 e. The predicted octanol–water partition coefficient (Wildman–Crippen LogP) is 3.75. The fourth-order valence-electron chi connectivity index (χ4n) is 4.47. The van der Waals surface area contributed by atoms with Crippen LogP contribution in [0.5, 0.6) is 0 Å². The van der Waals surface area contributed by atoms with E-state index in [0.717, 1.165) is 36.1 Å². The number of carbonyl (C=O) groups excluding carboxylic acids is 2. The molecule has 5 rings (SSSR count). The highest BCUT2D eigenvalue weighted by atomic mass is 16.2. The Morgan fingerprint density at radius 1 is 0.941 bits per heavy atom. The minimum Gasteiger partial charge on any atom is -0.353 e. The predicted molar refractivity (Wildman–Crippen MR) is 130 cm³/mol. The highest BCUT2D eigenvalue weighted by molar-refractivity contribution is 6.00. The van der Waals surface area contributed by atoms with Gasteiger partial charge in [0.05, 0.1) is 11.9 Å². The molecule has 172 valence electrons. The average molecular weight is 454 g/mol. The minimum absolute atomic E-state index is 0.0638. The number of aryl methyl sites for hydroxylation is 1. The second kappa shape index (κ2) is 9.87. The number of hydrogen-bond donors (Lipinski definition) is 1. The van der Waals surface area contributed by atoms with E-state index >= 15 is 0 Å². The van der Waals surface area contributed by atoms with Crippen LogP contribution >= 0.6 is 0 Å². The molecule has 4 aromatic rings. The Balaban J connectivity index is 1.19. The molecule has 1 N–H and O–H groups in total. The van der Waals surface area contributed by atoms with Gasteiger partial charge in [0.2, 0.25) is 5.91 Å². The molecule has 3 heterocycles. The first kappa shape index (κ1) is 21.8. The summed E-state index contributed by atoms with van der Waals surface area (Å²) in [7, 11) is 0. The Morgan fingerprint density at radius 2 is 1.65 bits per heavy atom. The van der Waals surface area contributed by atoms with Gasteiger partial charge in [-0.2, -0.15) is 5.10 Å². The maximum Gasteiger partial charge on any atom is 0.259 e. The normalized spacial score (nSPS) is 14.3. The molecule has 2 aromatic heterocycles. The molecule has 0 bridgehead atoms. The van der Waals surface area contributed by atoms with Gasteiger partial charge in [0.15, 0.2) is 5.65 Å². The zero-order valence-electron chi connectivity index (χ0n) is 18.9. The molecule has 1 aliphatic heterocycles. The van der Waals surface area contributed by atoms with Gasteiger partial charge in [0.1, 0.15) is 5.56 Å². The monoisotopic (exact) mass is 453 g/mol. The third kappa shape index (κ3) is 4.69. The van der Waals surface area contributed by atoms with Gasteiger partial charge >= 0.3 is 0 Å². The van der Waals surface area contributed by atoms with Gasteiger partial charge in [-0.3, -0.25) is 9.59 Å². The number of aromatic nitrogens is 3. The molecular formula is C27H27N5O2. The summed E-state index contributed by atoms with van der Waals surface area (Å²) in [6, 6.07) is 22.0. The molecule has 0 spiro atoms. The summed E-state index contributed by atoms with van der Waals surface area (Å²) in [6.07, 6.45) is 6.01. The van der Waals surface area contributed by atoms with Crippen LogP contribution in [0.3, 0.4) is 0 Å². The molecule has 1 saturated heterocycles. The van der Waals surface area contributed by atoms with Crippen LogP contribution in [-0.2, 0) is 11.2 Å². The van der Waals surface area contributed by atoms with Crippen molar-refractivity contribution in [2.45, 2.75) is 31.7 Å². The number of hydrogen-bond acceptors (Lipinski definition) is 4. The summed E-state index contributed by atoms with van der Waals surface area (Å²) in [4.78, 5) is 31.9. The third-order valence-electron chi connectivity index (χ3n) is 6.33. The topological polar surface area (TPSA) is 79.6 Å². The molecule has 7 nitrogen and oxygen atoms in total. The van der Waals surface area contributed by atoms with E-state index in [1.165, 1.54) is 0 Å². The van der Waals surface area contributed by atoms with Crippen LogP contribution in [0.25, 0.3) is 16.9 Å². The number of nitrogens with zero attached hydrogens (tertiary/aromatic N) is 4. The summed E-state index contributed by atoms with van der Waals surface area (Å²) in [5.41, 5.74) is 4.13. The van der Waals surface area contributed by atoms with E-state index in [-0.39, 0.29) is 17.9 Å². The largest absolute Gasteiger partial charge is 0.353 e. The Morgan fingerprint density at radius 3 is 2.38 bits per heavy atom. The van der Waals surface area contributed by atoms with Crippen molar-refractivity contribution in [2.24, 2.45) is 0 Å². The quantitative estimate of drug-likeness (QED) is 0.482. The van der Waals surface area contributed by atoms with Crippen LogP contribution in [0.15, 0.2) is 79.1 Å². The van der Waals surface area contributed by atoms with E-state index in [2.05, 4.69) is 15.4 Å². The number of rotatable bonds is 6. The molecule has 1 fully saturated rings. The van der Waals surface area contributed by atoms with Gasteiger partial charge in [-0.15, -0.1) is 0 Å². The fourth-order valence-corrected chi connectivity index (χ4v) is 4.47. The van der Waals surface area contributed by atoms with Gasteiger partial charge in [-0.05, 0) is 30.9 Å². The first-order valence-corrected chi connectivity index (χ1v) is 11.7. The summed E-state index contributed by atoms with van der Waals surface area (Å²) in [6.45, 7) is 1.19. The lowest BCUT2D eigenvalue weighted by Gasteiger charge is -2.32. The summed E-state index contributed by atoms with van der Waals surface area (Å²) in [5.74, 6) is -0.00420. The summed E-state index contributed by atoms with van der Waals surface area (Å²) < 4.78 is 1.72. The molecule has 34 heavy (non-hydrogen) atoms. The van der Waals surface area contributed by atoms with E-state index in [1.54, 1.807) is 16.9 Å². The Bertz CT molecular complexity index is 1280. The maximum absolute atomic E-state index is 13.3. The van der Waals surface area contributed by atoms with Crippen molar-refractivity contribution in [2.75, 3.05) is 13.1 Å². The molecule has 2 aromatic carbocycles. The lowest BCUT2D eigenvalue weighted by Crippen LogP contribution is -2.46. The van der Waals surface area contributed by atoms with E-state index < -0.39 is 0 Å². The van der Waals surface area contributed by atoms with E-state index in [0.29, 0.717) is 30.7 Å². The number of piperidine rings is 1. The first-order valence-electron chi connectivity index (χ1n) is 11.7. The number of nitrogens with one attached hydrogen (secondary N) is 1. The van der Waals surface area contributed by atoms with Crippen molar-refractivity contribution >= 4 is 17.5 Å². The Labute approximate surface area is 198 Å². The maximum atomic E-state index is 13.3. The molecule has 1 aliphatic rings. The zero-order valence-corrected chi connectivity index (χ0v) is 18.9. The van der Waals surface area contributed by atoms with Crippen LogP contribution in [0.2, 0.25) is 0 Å². The highest BCUT2D eigenvalue weighted by Crippen LogP contribution is 2.22. The number of amides is 2. The van der Waals surface area contributed by atoms with E-state index in [1.807, 2.05) is 71.6 Å². The van der Waals surface area contributed by atoms with Crippen molar-refractivity contribution < 1.29 is 9.59 Å². The SMILES string of the molecule is O=C(CCc1ccccc1)NC1CCN(C(=O)c2cnn3c(-c4ccccc4)ccnc23)CC1. The molecule has 0 aliphatic carbocycles. The van der Waals surface area contributed by atoms with Crippen LogP contribution in [0, 0.1) is 0 Å². The number of carbonyl (C=O) groups is 2. The highest BCUT2D eigenvalue weighted by Gasteiger charge is 2.27.